The number of ether oxygens (including phenoxy) is 2. The van der Waals surface area contributed by atoms with Gasteiger partial charge in [-0.05, 0) is 37.5 Å². The molecule has 1 aromatic carbocycles. The minimum atomic E-state index is -3.54. The Kier molecular flexibility index (Phi) is 5.09. The molecule has 0 bridgehead atoms. The van der Waals surface area contributed by atoms with Crippen molar-refractivity contribution in [2.45, 2.75) is 57.1 Å². The van der Waals surface area contributed by atoms with Gasteiger partial charge in [-0.2, -0.15) is 4.31 Å². The smallest absolute Gasteiger partial charge is 0.243 e. The van der Waals surface area contributed by atoms with Crippen molar-refractivity contribution < 1.29 is 17.9 Å². The van der Waals surface area contributed by atoms with Gasteiger partial charge in [0.25, 0.3) is 0 Å². The Morgan fingerprint density at radius 3 is 2.22 bits per heavy atom. The van der Waals surface area contributed by atoms with E-state index in [0.29, 0.717) is 23.7 Å². The Hall–Kier alpha value is -1.11. The van der Waals surface area contributed by atoms with Crippen LogP contribution in [0.15, 0.2) is 23.1 Å². The maximum Gasteiger partial charge on any atom is 0.243 e. The van der Waals surface area contributed by atoms with E-state index in [1.807, 2.05) is 34.6 Å². The van der Waals surface area contributed by atoms with Crippen molar-refractivity contribution in [3.05, 3.63) is 23.8 Å². The fourth-order valence-corrected chi connectivity index (χ4v) is 4.53. The quantitative estimate of drug-likeness (QED) is 0.848. The minimum absolute atomic E-state index is 0.103. The van der Waals surface area contributed by atoms with Gasteiger partial charge in [0.15, 0.2) is 0 Å². The molecule has 1 aliphatic heterocycles. The molecule has 2 atom stereocenters. The fourth-order valence-electron chi connectivity index (χ4n) is 2.91. The number of methoxy groups -OCH3 is 1. The third-order valence-electron chi connectivity index (χ3n) is 4.00. The maximum absolute atomic E-state index is 13.0. The summed E-state index contributed by atoms with van der Waals surface area (Å²) >= 11 is 0. The summed E-state index contributed by atoms with van der Waals surface area (Å²) in [7, 11) is -1.94. The van der Waals surface area contributed by atoms with E-state index in [0.717, 1.165) is 5.56 Å². The van der Waals surface area contributed by atoms with Crippen molar-refractivity contribution in [2.75, 3.05) is 20.2 Å². The fraction of sp³-hybridized carbons (Fsp3) is 0.647. The van der Waals surface area contributed by atoms with Gasteiger partial charge in [-0.1, -0.05) is 20.8 Å². The van der Waals surface area contributed by atoms with Crippen LogP contribution in [0.5, 0.6) is 5.75 Å². The second kappa shape index (κ2) is 6.42. The predicted molar refractivity (Wildman–Crippen MR) is 90.5 cm³/mol. The maximum atomic E-state index is 13.0. The van der Waals surface area contributed by atoms with Crippen molar-refractivity contribution in [1.29, 1.82) is 0 Å². The van der Waals surface area contributed by atoms with Gasteiger partial charge in [-0.3, -0.25) is 0 Å². The average Bonchev–Trinajstić information content (AvgIpc) is 2.44. The number of rotatable bonds is 3. The highest BCUT2D eigenvalue weighted by Crippen LogP contribution is 2.34. The Morgan fingerprint density at radius 1 is 1.17 bits per heavy atom. The summed E-state index contributed by atoms with van der Waals surface area (Å²) in [4.78, 5) is 0.310. The van der Waals surface area contributed by atoms with Crippen LogP contribution in [0.25, 0.3) is 0 Å². The van der Waals surface area contributed by atoms with E-state index in [-0.39, 0.29) is 17.6 Å². The molecule has 1 heterocycles. The molecular formula is C17H27NO4S. The SMILES string of the molecule is COc1ccc(S(=O)(=O)N2C[C@@H](C)O[C@@H](C)C2)cc1C(C)(C)C. The third-order valence-corrected chi connectivity index (χ3v) is 5.83. The van der Waals surface area contributed by atoms with Crippen LogP contribution in [0.3, 0.4) is 0 Å². The lowest BCUT2D eigenvalue weighted by molar-refractivity contribution is -0.0440. The first-order chi connectivity index (χ1) is 10.6. The highest BCUT2D eigenvalue weighted by atomic mass is 32.2. The molecule has 0 saturated carbocycles. The Labute approximate surface area is 139 Å². The molecule has 1 aromatic rings. The molecule has 5 nitrogen and oxygen atoms in total. The third kappa shape index (κ3) is 3.87. The standard InChI is InChI=1S/C17H27NO4S/c1-12-10-18(11-13(2)22-12)23(19,20)14-7-8-16(21-6)15(9-14)17(3,4)5/h7-9,12-13H,10-11H2,1-6H3/t12-,13+. The van der Waals surface area contributed by atoms with Crippen molar-refractivity contribution in [2.24, 2.45) is 0 Å². The second-order valence-corrected chi connectivity index (χ2v) is 9.13. The molecule has 0 aliphatic carbocycles. The lowest BCUT2D eigenvalue weighted by Crippen LogP contribution is -2.48. The summed E-state index contributed by atoms with van der Waals surface area (Å²) in [6, 6.07) is 5.09. The number of benzene rings is 1. The molecule has 130 valence electrons. The zero-order valence-corrected chi connectivity index (χ0v) is 15.6. The molecule has 0 spiro atoms. The molecule has 1 saturated heterocycles. The number of morpholine rings is 1. The zero-order chi connectivity index (χ0) is 17.4. The van der Waals surface area contributed by atoms with Gasteiger partial charge in [-0.15, -0.1) is 0 Å². The first-order valence-electron chi connectivity index (χ1n) is 7.90. The van der Waals surface area contributed by atoms with Gasteiger partial charge in [0, 0.05) is 18.7 Å². The molecule has 0 radical (unpaired) electrons. The highest BCUT2D eigenvalue weighted by molar-refractivity contribution is 7.89. The van der Waals surface area contributed by atoms with Crippen molar-refractivity contribution >= 4 is 10.0 Å². The molecule has 23 heavy (non-hydrogen) atoms. The van der Waals surface area contributed by atoms with Crippen LogP contribution in [0.1, 0.15) is 40.2 Å². The topological polar surface area (TPSA) is 55.8 Å². The predicted octanol–water partition coefficient (Wildman–Crippen LogP) is 2.79. The van der Waals surface area contributed by atoms with Crippen LogP contribution < -0.4 is 4.74 Å². The Balaban J connectivity index is 2.44. The van der Waals surface area contributed by atoms with Crippen molar-refractivity contribution in [1.82, 2.24) is 4.31 Å². The molecule has 1 fully saturated rings. The van der Waals surface area contributed by atoms with Gasteiger partial charge < -0.3 is 9.47 Å². The highest BCUT2D eigenvalue weighted by Gasteiger charge is 2.33. The number of hydrogen-bond donors (Lipinski definition) is 0. The number of sulfonamides is 1. The van der Waals surface area contributed by atoms with Crippen LogP contribution in [0.4, 0.5) is 0 Å². The van der Waals surface area contributed by atoms with Crippen LogP contribution in [-0.4, -0.2) is 45.1 Å². The van der Waals surface area contributed by atoms with E-state index in [4.69, 9.17) is 9.47 Å². The average molecular weight is 341 g/mol. The summed E-state index contributed by atoms with van der Waals surface area (Å²) in [5.41, 5.74) is 0.679. The van der Waals surface area contributed by atoms with E-state index >= 15 is 0 Å². The molecule has 0 amide bonds. The summed E-state index contributed by atoms with van der Waals surface area (Å²) in [6.45, 7) is 10.7. The van der Waals surface area contributed by atoms with E-state index < -0.39 is 10.0 Å². The van der Waals surface area contributed by atoms with Gasteiger partial charge in [0.1, 0.15) is 5.75 Å². The van der Waals surface area contributed by atoms with Crippen LogP contribution in [0, 0.1) is 0 Å². The van der Waals surface area contributed by atoms with Gasteiger partial charge in [-0.25, -0.2) is 8.42 Å². The number of nitrogens with zero attached hydrogens (tertiary/aromatic N) is 1. The van der Waals surface area contributed by atoms with E-state index in [1.54, 1.807) is 25.3 Å². The molecule has 0 unspecified atom stereocenters. The Morgan fingerprint density at radius 2 is 1.74 bits per heavy atom. The summed E-state index contributed by atoms with van der Waals surface area (Å²) in [5.74, 6) is 0.708. The largest absolute Gasteiger partial charge is 0.496 e. The molecular weight excluding hydrogens is 314 g/mol. The van der Waals surface area contributed by atoms with E-state index in [2.05, 4.69) is 0 Å². The van der Waals surface area contributed by atoms with Gasteiger partial charge in [0.05, 0.1) is 24.2 Å². The van der Waals surface area contributed by atoms with Crippen molar-refractivity contribution in [3.63, 3.8) is 0 Å². The molecule has 2 rings (SSSR count). The van der Waals surface area contributed by atoms with E-state index in [9.17, 15) is 8.42 Å². The zero-order valence-electron chi connectivity index (χ0n) is 14.8. The molecule has 0 N–H and O–H groups in total. The summed E-state index contributed by atoms with van der Waals surface area (Å²) in [6.07, 6.45) is -0.206. The second-order valence-electron chi connectivity index (χ2n) is 7.19. The van der Waals surface area contributed by atoms with Gasteiger partial charge in [0.2, 0.25) is 10.0 Å². The van der Waals surface area contributed by atoms with Crippen LogP contribution >= 0.6 is 0 Å². The lowest BCUT2D eigenvalue weighted by Gasteiger charge is -2.34. The monoisotopic (exact) mass is 341 g/mol. The first kappa shape index (κ1) is 18.2. The number of hydrogen-bond acceptors (Lipinski definition) is 4. The first-order valence-corrected chi connectivity index (χ1v) is 9.34. The Bertz CT molecular complexity index is 654. The molecule has 6 heteroatoms. The van der Waals surface area contributed by atoms with Crippen molar-refractivity contribution in [3.8, 4) is 5.75 Å². The van der Waals surface area contributed by atoms with E-state index in [1.165, 1.54) is 4.31 Å². The molecule has 1 aliphatic rings. The van der Waals surface area contributed by atoms with Gasteiger partial charge >= 0.3 is 0 Å². The minimum Gasteiger partial charge on any atom is -0.496 e. The van der Waals surface area contributed by atoms with Crippen LogP contribution in [0.2, 0.25) is 0 Å². The normalized spacial score (nSPS) is 23.7. The molecule has 0 aromatic heterocycles. The summed E-state index contributed by atoms with van der Waals surface area (Å²) in [5, 5.41) is 0. The van der Waals surface area contributed by atoms with Crippen LogP contribution in [-0.2, 0) is 20.2 Å². The lowest BCUT2D eigenvalue weighted by atomic mass is 9.86. The summed E-state index contributed by atoms with van der Waals surface area (Å²) < 4.78 is 38.5.